The van der Waals surface area contributed by atoms with Crippen molar-refractivity contribution in [1.29, 1.82) is 0 Å². The molecule has 0 radical (unpaired) electrons. The summed E-state index contributed by atoms with van der Waals surface area (Å²) in [5, 5.41) is 15.6. The number of carbonyl (C=O) groups excluding carboxylic acids is 2. The van der Waals surface area contributed by atoms with Gasteiger partial charge in [0.05, 0.1) is 19.6 Å². The Kier molecular flexibility index (Phi) is 3.09. The van der Waals surface area contributed by atoms with Gasteiger partial charge in [0.25, 0.3) is 0 Å². The summed E-state index contributed by atoms with van der Waals surface area (Å²) in [4.78, 5) is 24.6. The highest BCUT2D eigenvalue weighted by atomic mass is 16.3. The molecule has 2 fully saturated rings. The Balaban J connectivity index is 1.85. The van der Waals surface area contributed by atoms with E-state index in [1.807, 2.05) is 13.8 Å². The zero-order valence-electron chi connectivity index (χ0n) is 10.2. The molecule has 2 saturated heterocycles. The third kappa shape index (κ3) is 2.28. The Hall–Kier alpha value is -1.14. The number of piperazine rings is 1. The number of amides is 2. The monoisotopic (exact) mass is 241 g/mol. The number of hydrogen-bond donors (Lipinski definition) is 3. The van der Waals surface area contributed by atoms with Gasteiger partial charge in [-0.3, -0.25) is 14.9 Å². The molecule has 96 valence electrons. The van der Waals surface area contributed by atoms with Crippen LogP contribution >= 0.6 is 0 Å². The maximum absolute atomic E-state index is 12.0. The van der Waals surface area contributed by atoms with E-state index in [0.717, 1.165) is 0 Å². The molecule has 0 aromatic heterocycles. The Morgan fingerprint density at radius 3 is 2.65 bits per heavy atom. The highest BCUT2D eigenvalue weighted by molar-refractivity contribution is 5.87. The lowest BCUT2D eigenvalue weighted by Crippen LogP contribution is -2.70. The van der Waals surface area contributed by atoms with Gasteiger partial charge in [0.1, 0.15) is 11.6 Å². The maximum atomic E-state index is 12.0. The van der Waals surface area contributed by atoms with E-state index >= 15 is 0 Å². The summed E-state index contributed by atoms with van der Waals surface area (Å²) in [6.07, 6.45) is 0. The van der Waals surface area contributed by atoms with Crippen molar-refractivity contribution in [1.82, 2.24) is 15.5 Å². The van der Waals surface area contributed by atoms with Gasteiger partial charge in [0.15, 0.2) is 0 Å². The molecule has 6 nitrogen and oxygen atoms in total. The van der Waals surface area contributed by atoms with E-state index in [9.17, 15) is 14.7 Å². The molecule has 0 aromatic carbocycles. The molecule has 0 bridgehead atoms. The first kappa shape index (κ1) is 12.3. The molecular weight excluding hydrogens is 222 g/mol. The molecule has 0 aromatic rings. The molecule has 2 heterocycles. The van der Waals surface area contributed by atoms with Gasteiger partial charge in [-0.2, -0.15) is 0 Å². The summed E-state index contributed by atoms with van der Waals surface area (Å²) in [6, 6.07) is -0.357. The van der Waals surface area contributed by atoms with Crippen LogP contribution in [0.1, 0.15) is 13.8 Å². The van der Waals surface area contributed by atoms with Crippen molar-refractivity contribution in [3.8, 4) is 0 Å². The van der Waals surface area contributed by atoms with Crippen LogP contribution in [-0.2, 0) is 9.59 Å². The van der Waals surface area contributed by atoms with Crippen LogP contribution in [0.4, 0.5) is 0 Å². The summed E-state index contributed by atoms with van der Waals surface area (Å²) in [6.45, 7) is 5.17. The Bertz CT molecular complexity index is 327. The molecule has 0 aliphatic carbocycles. The van der Waals surface area contributed by atoms with Crippen molar-refractivity contribution in [2.24, 2.45) is 5.92 Å². The fourth-order valence-electron chi connectivity index (χ4n) is 2.10. The molecule has 2 rings (SSSR count). The summed E-state index contributed by atoms with van der Waals surface area (Å²) in [7, 11) is 0. The number of β-amino-alcohol motifs (C(OH)–C–C–N with tert-alkyl or cyclic N) is 1. The van der Waals surface area contributed by atoms with Gasteiger partial charge in [0, 0.05) is 6.54 Å². The van der Waals surface area contributed by atoms with Crippen molar-refractivity contribution in [3.63, 3.8) is 0 Å². The molecule has 3 N–H and O–H groups in total. The van der Waals surface area contributed by atoms with E-state index in [2.05, 4.69) is 10.6 Å². The van der Waals surface area contributed by atoms with Gasteiger partial charge >= 0.3 is 0 Å². The summed E-state index contributed by atoms with van der Waals surface area (Å²) >= 11 is 0. The minimum Gasteiger partial charge on any atom is -0.386 e. The Labute approximate surface area is 100 Å². The first-order chi connectivity index (χ1) is 7.92. The standard InChI is InChI=1S/C11H19N3O3/c1-7(2)11(17)5-14(6-11)10(16)8-3-13-9(15)4-12-8/h7-8,12,17H,3-6H2,1-2H3,(H,13,15). The van der Waals surface area contributed by atoms with Gasteiger partial charge in [-0.15, -0.1) is 0 Å². The van der Waals surface area contributed by atoms with Crippen LogP contribution in [0.25, 0.3) is 0 Å². The average molecular weight is 241 g/mol. The zero-order chi connectivity index (χ0) is 12.6. The number of likely N-dealkylation sites (tertiary alicyclic amines) is 1. The maximum Gasteiger partial charge on any atom is 0.241 e. The lowest BCUT2D eigenvalue weighted by molar-refractivity contribution is -0.166. The van der Waals surface area contributed by atoms with Gasteiger partial charge in [-0.05, 0) is 5.92 Å². The third-order valence-corrected chi connectivity index (χ3v) is 3.63. The van der Waals surface area contributed by atoms with E-state index in [1.54, 1.807) is 4.90 Å². The van der Waals surface area contributed by atoms with Crippen LogP contribution in [0.15, 0.2) is 0 Å². The Morgan fingerprint density at radius 2 is 2.18 bits per heavy atom. The minimum atomic E-state index is -0.742. The number of nitrogens with one attached hydrogen (secondary N) is 2. The fourth-order valence-corrected chi connectivity index (χ4v) is 2.10. The number of aliphatic hydroxyl groups is 1. The molecule has 2 amide bonds. The van der Waals surface area contributed by atoms with Crippen LogP contribution in [0.5, 0.6) is 0 Å². The zero-order valence-corrected chi connectivity index (χ0v) is 10.2. The summed E-state index contributed by atoms with van der Waals surface area (Å²) in [5.41, 5.74) is -0.742. The van der Waals surface area contributed by atoms with E-state index in [4.69, 9.17) is 0 Å². The minimum absolute atomic E-state index is 0.0460. The normalized spacial score (nSPS) is 27.6. The number of rotatable bonds is 2. The van der Waals surface area contributed by atoms with Gasteiger partial charge in [-0.1, -0.05) is 13.8 Å². The van der Waals surface area contributed by atoms with Gasteiger partial charge < -0.3 is 15.3 Å². The van der Waals surface area contributed by atoms with Crippen LogP contribution < -0.4 is 10.6 Å². The van der Waals surface area contributed by atoms with Crippen LogP contribution in [-0.4, -0.2) is 59.6 Å². The van der Waals surface area contributed by atoms with Crippen molar-refractivity contribution in [2.45, 2.75) is 25.5 Å². The van der Waals surface area contributed by atoms with Crippen molar-refractivity contribution >= 4 is 11.8 Å². The molecule has 1 unspecified atom stereocenters. The summed E-state index contributed by atoms with van der Waals surface area (Å²) in [5.74, 6) is 0.0113. The molecule has 0 spiro atoms. The lowest BCUT2D eigenvalue weighted by atomic mass is 9.82. The summed E-state index contributed by atoms with van der Waals surface area (Å²) < 4.78 is 0. The van der Waals surface area contributed by atoms with Gasteiger partial charge in [-0.25, -0.2) is 0 Å². The molecule has 0 saturated carbocycles. The lowest BCUT2D eigenvalue weighted by Gasteiger charge is -2.50. The van der Waals surface area contributed by atoms with Crippen LogP contribution in [0.3, 0.4) is 0 Å². The molecule has 2 aliphatic rings. The van der Waals surface area contributed by atoms with E-state index in [1.165, 1.54) is 0 Å². The number of nitrogens with zero attached hydrogens (tertiary/aromatic N) is 1. The molecule has 2 aliphatic heterocycles. The fraction of sp³-hybridized carbons (Fsp3) is 0.818. The van der Waals surface area contributed by atoms with E-state index in [-0.39, 0.29) is 30.3 Å². The second kappa shape index (κ2) is 4.27. The largest absolute Gasteiger partial charge is 0.386 e. The SMILES string of the molecule is CC(C)C1(O)CN(C(=O)C2CNC(=O)CN2)C1. The predicted octanol–water partition coefficient (Wildman–Crippen LogP) is -1.70. The number of carbonyl (C=O) groups is 2. The van der Waals surface area contributed by atoms with Crippen LogP contribution in [0, 0.1) is 5.92 Å². The topological polar surface area (TPSA) is 81.7 Å². The smallest absolute Gasteiger partial charge is 0.241 e. The van der Waals surface area contributed by atoms with E-state index < -0.39 is 5.60 Å². The first-order valence-electron chi connectivity index (χ1n) is 5.93. The highest BCUT2D eigenvalue weighted by Gasteiger charge is 2.47. The van der Waals surface area contributed by atoms with Crippen LogP contribution in [0.2, 0.25) is 0 Å². The molecular formula is C11H19N3O3. The van der Waals surface area contributed by atoms with E-state index in [0.29, 0.717) is 19.6 Å². The molecule has 6 heteroatoms. The number of hydrogen-bond acceptors (Lipinski definition) is 4. The predicted molar refractivity (Wildman–Crippen MR) is 61.2 cm³/mol. The van der Waals surface area contributed by atoms with Crippen molar-refractivity contribution in [3.05, 3.63) is 0 Å². The first-order valence-corrected chi connectivity index (χ1v) is 5.93. The third-order valence-electron chi connectivity index (χ3n) is 3.63. The quantitative estimate of drug-likeness (QED) is 0.538. The highest BCUT2D eigenvalue weighted by Crippen LogP contribution is 2.28. The second-order valence-electron chi connectivity index (χ2n) is 5.19. The average Bonchev–Trinajstić information content (AvgIpc) is 2.24. The van der Waals surface area contributed by atoms with Crippen molar-refractivity contribution in [2.75, 3.05) is 26.2 Å². The van der Waals surface area contributed by atoms with Crippen molar-refractivity contribution < 1.29 is 14.7 Å². The Morgan fingerprint density at radius 1 is 1.53 bits per heavy atom. The molecule has 17 heavy (non-hydrogen) atoms. The second-order valence-corrected chi connectivity index (χ2v) is 5.19. The molecule has 1 atom stereocenters. The van der Waals surface area contributed by atoms with Gasteiger partial charge in [0.2, 0.25) is 11.8 Å².